The van der Waals surface area contributed by atoms with Crippen LogP contribution in [-0.4, -0.2) is 25.3 Å². The van der Waals surface area contributed by atoms with Crippen LogP contribution in [0.4, 0.5) is 18.9 Å². The third-order valence-electron chi connectivity index (χ3n) is 3.46. The molecule has 1 heterocycles. The molecular formula is C14H17BrF3NO. The average molecular weight is 352 g/mol. The van der Waals surface area contributed by atoms with Gasteiger partial charge in [0.05, 0.1) is 24.3 Å². The number of alkyl halides is 4. The molecule has 0 saturated carbocycles. The topological polar surface area (TPSA) is 12.5 Å². The van der Waals surface area contributed by atoms with Gasteiger partial charge in [0, 0.05) is 17.6 Å². The van der Waals surface area contributed by atoms with Crippen LogP contribution in [0.1, 0.15) is 25.0 Å². The number of hydrogen-bond acceptors (Lipinski definition) is 2. The second-order valence-electron chi connectivity index (χ2n) is 5.50. The fourth-order valence-electron chi connectivity index (χ4n) is 2.43. The summed E-state index contributed by atoms with van der Waals surface area (Å²) in [5.41, 5.74) is -0.180. The lowest BCUT2D eigenvalue weighted by Gasteiger charge is -2.44. The highest BCUT2D eigenvalue weighted by Gasteiger charge is 2.39. The standard InChI is InChI=1S/C14H17BrF3NO/c1-13(2)9-20-6-5-19(13)12-4-3-10(8-15)7-11(12)14(16,17)18/h3-4,7H,5-6,8-9H2,1-2H3. The predicted molar refractivity (Wildman–Crippen MR) is 76.3 cm³/mol. The first kappa shape index (κ1) is 15.6. The average Bonchev–Trinajstić information content (AvgIpc) is 2.36. The van der Waals surface area contributed by atoms with Crippen molar-refractivity contribution in [3.05, 3.63) is 29.3 Å². The van der Waals surface area contributed by atoms with E-state index in [1.165, 1.54) is 6.07 Å². The van der Waals surface area contributed by atoms with Gasteiger partial charge in [-0.3, -0.25) is 0 Å². The van der Waals surface area contributed by atoms with Crippen LogP contribution in [0.25, 0.3) is 0 Å². The minimum Gasteiger partial charge on any atom is -0.377 e. The van der Waals surface area contributed by atoms with Crippen molar-refractivity contribution in [2.75, 3.05) is 24.7 Å². The van der Waals surface area contributed by atoms with E-state index in [1.54, 1.807) is 17.0 Å². The molecule has 0 N–H and O–H groups in total. The number of benzene rings is 1. The van der Waals surface area contributed by atoms with Crippen molar-refractivity contribution in [2.45, 2.75) is 30.9 Å². The van der Waals surface area contributed by atoms with E-state index in [9.17, 15) is 13.2 Å². The Kier molecular flexibility index (Phi) is 4.35. The maximum atomic E-state index is 13.3. The quantitative estimate of drug-likeness (QED) is 0.740. The molecule has 0 bridgehead atoms. The molecule has 0 aliphatic carbocycles. The number of morpholine rings is 1. The van der Waals surface area contributed by atoms with Gasteiger partial charge in [0.25, 0.3) is 0 Å². The summed E-state index contributed by atoms with van der Waals surface area (Å²) in [6.07, 6.45) is -4.36. The summed E-state index contributed by atoms with van der Waals surface area (Å²) in [6.45, 7) is 5.12. The Morgan fingerprint density at radius 2 is 2.05 bits per heavy atom. The molecule has 6 heteroatoms. The zero-order valence-electron chi connectivity index (χ0n) is 11.4. The molecule has 1 saturated heterocycles. The van der Waals surface area contributed by atoms with Gasteiger partial charge in [-0.2, -0.15) is 13.2 Å². The molecule has 0 spiro atoms. The molecule has 2 rings (SSSR count). The molecule has 0 atom stereocenters. The van der Waals surface area contributed by atoms with E-state index >= 15 is 0 Å². The van der Waals surface area contributed by atoms with Gasteiger partial charge in [-0.15, -0.1) is 0 Å². The van der Waals surface area contributed by atoms with Crippen molar-refractivity contribution < 1.29 is 17.9 Å². The summed E-state index contributed by atoms with van der Waals surface area (Å²) in [5.74, 6) is 0. The van der Waals surface area contributed by atoms with Crippen molar-refractivity contribution in [3.63, 3.8) is 0 Å². The Morgan fingerprint density at radius 3 is 2.60 bits per heavy atom. The fourth-order valence-corrected chi connectivity index (χ4v) is 2.78. The molecule has 20 heavy (non-hydrogen) atoms. The van der Waals surface area contributed by atoms with Crippen LogP contribution in [0, 0.1) is 0 Å². The lowest BCUT2D eigenvalue weighted by Crippen LogP contribution is -2.53. The van der Waals surface area contributed by atoms with Gasteiger partial charge in [-0.1, -0.05) is 22.0 Å². The molecule has 1 aliphatic heterocycles. The van der Waals surface area contributed by atoms with E-state index in [4.69, 9.17) is 4.74 Å². The lowest BCUT2D eigenvalue weighted by molar-refractivity contribution is -0.137. The maximum absolute atomic E-state index is 13.3. The minimum atomic E-state index is -4.36. The van der Waals surface area contributed by atoms with E-state index < -0.39 is 17.3 Å². The number of rotatable bonds is 2. The fraction of sp³-hybridized carbons (Fsp3) is 0.571. The second kappa shape index (κ2) is 5.56. The third-order valence-corrected chi connectivity index (χ3v) is 4.10. The summed E-state index contributed by atoms with van der Waals surface area (Å²) >= 11 is 3.20. The van der Waals surface area contributed by atoms with Crippen molar-refractivity contribution in [1.29, 1.82) is 0 Å². The molecule has 1 fully saturated rings. The van der Waals surface area contributed by atoms with Crippen molar-refractivity contribution in [1.82, 2.24) is 0 Å². The molecule has 2 nitrogen and oxygen atoms in total. The van der Waals surface area contributed by atoms with Crippen LogP contribution in [0.15, 0.2) is 18.2 Å². The second-order valence-corrected chi connectivity index (χ2v) is 6.06. The Balaban J connectivity index is 2.50. The van der Waals surface area contributed by atoms with Gasteiger partial charge in [0.1, 0.15) is 0 Å². The zero-order chi connectivity index (χ0) is 15.0. The minimum absolute atomic E-state index is 0.232. The highest BCUT2D eigenvalue weighted by Crippen LogP contribution is 2.40. The summed E-state index contributed by atoms with van der Waals surface area (Å²) in [5, 5.41) is 0.406. The normalized spacial score (nSPS) is 19.2. The Bertz CT molecular complexity index is 488. The maximum Gasteiger partial charge on any atom is 0.418 e. The van der Waals surface area contributed by atoms with E-state index in [0.29, 0.717) is 30.7 Å². The van der Waals surface area contributed by atoms with Gasteiger partial charge in [-0.05, 0) is 31.5 Å². The molecule has 0 aromatic heterocycles. The van der Waals surface area contributed by atoms with Crippen LogP contribution >= 0.6 is 15.9 Å². The molecule has 1 aromatic rings. The predicted octanol–water partition coefficient (Wildman–Crippen LogP) is 4.22. The summed E-state index contributed by atoms with van der Waals surface area (Å²) in [4.78, 5) is 1.79. The van der Waals surface area contributed by atoms with Crippen LogP contribution in [0.5, 0.6) is 0 Å². The number of anilines is 1. The molecule has 0 unspecified atom stereocenters. The number of nitrogens with zero attached hydrogens (tertiary/aromatic N) is 1. The molecule has 0 radical (unpaired) electrons. The molecule has 1 aliphatic rings. The molecule has 0 amide bonds. The first-order chi connectivity index (χ1) is 9.25. The Morgan fingerprint density at radius 1 is 1.35 bits per heavy atom. The van der Waals surface area contributed by atoms with Crippen LogP contribution in [-0.2, 0) is 16.2 Å². The van der Waals surface area contributed by atoms with Crippen molar-refractivity contribution in [2.24, 2.45) is 0 Å². The zero-order valence-corrected chi connectivity index (χ0v) is 13.0. The summed E-state index contributed by atoms with van der Waals surface area (Å²) < 4.78 is 45.3. The third kappa shape index (κ3) is 3.11. The van der Waals surface area contributed by atoms with E-state index in [1.807, 2.05) is 13.8 Å². The largest absolute Gasteiger partial charge is 0.418 e. The first-order valence-corrected chi connectivity index (χ1v) is 7.49. The van der Waals surface area contributed by atoms with Gasteiger partial charge < -0.3 is 9.64 Å². The Labute approximate surface area is 125 Å². The van der Waals surface area contributed by atoms with Gasteiger partial charge >= 0.3 is 6.18 Å². The van der Waals surface area contributed by atoms with E-state index in [2.05, 4.69) is 15.9 Å². The van der Waals surface area contributed by atoms with Gasteiger partial charge in [-0.25, -0.2) is 0 Å². The highest BCUT2D eigenvalue weighted by molar-refractivity contribution is 9.08. The van der Waals surface area contributed by atoms with E-state index in [0.717, 1.165) is 0 Å². The number of hydrogen-bond donors (Lipinski definition) is 0. The molecule has 1 aromatic carbocycles. The molecular weight excluding hydrogens is 335 g/mol. The van der Waals surface area contributed by atoms with Crippen LogP contribution in [0.3, 0.4) is 0 Å². The number of ether oxygens (including phenoxy) is 1. The smallest absolute Gasteiger partial charge is 0.377 e. The Hall–Kier alpha value is -0.750. The van der Waals surface area contributed by atoms with Gasteiger partial charge in [0.2, 0.25) is 0 Å². The van der Waals surface area contributed by atoms with Crippen molar-refractivity contribution >= 4 is 21.6 Å². The van der Waals surface area contributed by atoms with E-state index in [-0.39, 0.29) is 5.69 Å². The lowest BCUT2D eigenvalue weighted by atomic mass is 9.98. The van der Waals surface area contributed by atoms with Crippen LogP contribution in [0.2, 0.25) is 0 Å². The monoisotopic (exact) mass is 351 g/mol. The van der Waals surface area contributed by atoms with Crippen LogP contribution < -0.4 is 4.90 Å². The SMILES string of the molecule is CC1(C)COCCN1c1ccc(CBr)cc1C(F)(F)F. The summed E-state index contributed by atoms with van der Waals surface area (Å²) in [6, 6.07) is 4.51. The highest BCUT2D eigenvalue weighted by atomic mass is 79.9. The van der Waals surface area contributed by atoms with Gasteiger partial charge in [0.15, 0.2) is 0 Å². The number of halogens is 4. The first-order valence-electron chi connectivity index (χ1n) is 6.37. The summed E-state index contributed by atoms with van der Waals surface area (Å²) in [7, 11) is 0. The van der Waals surface area contributed by atoms with Crippen molar-refractivity contribution in [3.8, 4) is 0 Å². The molecule has 112 valence electrons.